The molecule has 0 saturated carbocycles. The maximum absolute atomic E-state index is 9.90. The van der Waals surface area contributed by atoms with Crippen molar-refractivity contribution in [2.45, 2.75) is 13.3 Å². The standard InChI is InChI=1S/C6H14N2O3/c1-2-3-8-11-5-4-7-6(9)10/h7-8H,2-5H2,1H3,(H,9,10). The Morgan fingerprint density at radius 2 is 2.27 bits per heavy atom. The lowest BCUT2D eigenvalue weighted by Crippen LogP contribution is -2.28. The number of amides is 1. The minimum absolute atomic E-state index is 0.312. The monoisotopic (exact) mass is 162 g/mol. The summed E-state index contributed by atoms with van der Waals surface area (Å²) in [6, 6.07) is 0. The second-order valence-electron chi connectivity index (χ2n) is 1.97. The Balaban J connectivity index is 2.85. The van der Waals surface area contributed by atoms with Gasteiger partial charge in [-0.1, -0.05) is 6.92 Å². The molecule has 3 N–H and O–H groups in total. The molecule has 0 saturated heterocycles. The van der Waals surface area contributed by atoms with Crippen LogP contribution in [0.4, 0.5) is 4.79 Å². The van der Waals surface area contributed by atoms with Gasteiger partial charge in [0.15, 0.2) is 0 Å². The van der Waals surface area contributed by atoms with E-state index in [0.29, 0.717) is 13.2 Å². The van der Waals surface area contributed by atoms with Gasteiger partial charge in [-0.3, -0.25) is 4.84 Å². The van der Waals surface area contributed by atoms with Crippen molar-refractivity contribution < 1.29 is 14.7 Å². The van der Waals surface area contributed by atoms with E-state index in [1.54, 1.807) is 0 Å². The molecule has 0 atom stereocenters. The summed E-state index contributed by atoms with van der Waals surface area (Å²) in [5.74, 6) is 0. The van der Waals surface area contributed by atoms with Gasteiger partial charge in [0.2, 0.25) is 0 Å². The molecule has 0 aliphatic carbocycles. The van der Waals surface area contributed by atoms with E-state index in [1.807, 2.05) is 6.92 Å². The summed E-state index contributed by atoms with van der Waals surface area (Å²) in [6.45, 7) is 3.47. The highest BCUT2D eigenvalue weighted by atomic mass is 16.6. The van der Waals surface area contributed by atoms with Crippen LogP contribution in [0.5, 0.6) is 0 Å². The molecular formula is C6H14N2O3. The lowest BCUT2D eigenvalue weighted by atomic mass is 10.5. The van der Waals surface area contributed by atoms with Crippen LogP contribution in [-0.2, 0) is 4.84 Å². The van der Waals surface area contributed by atoms with E-state index < -0.39 is 6.09 Å². The summed E-state index contributed by atoms with van der Waals surface area (Å²) in [5.41, 5.74) is 2.68. The average molecular weight is 162 g/mol. The molecule has 0 aromatic carbocycles. The van der Waals surface area contributed by atoms with Gasteiger partial charge in [0.25, 0.3) is 0 Å². The van der Waals surface area contributed by atoms with Gasteiger partial charge in [-0.05, 0) is 6.42 Å². The lowest BCUT2D eigenvalue weighted by molar-refractivity contribution is 0.0435. The molecule has 0 fully saturated rings. The van der Waals surface area contributed by atoms with E-state index in [9.17, 15) is 4.79 Å². The number of hydrogen-bond acceptors (Lipinski definition) is 3. The Kier molecular flexibility index (Phi) is 6.76. The van der Waals surface area contributed by atoms with Gasteiger partial charge in [-0.15, -0.1) is 0 Å². The fourth-order valence-corrected chi connectivity index (χ4v) is 0.455. The fraction of sp³-hybridized carbons (Fsp3) is 0.833. The zero-order valence-corrected chi connectivity index (χ0v) is 6.59. The maximum atomic E-state index is 9.90. The molecule has 0 aliphatic heterocycles. The number of hydrogen-bond donors (Lipinski definition) is 3. The van der Waals surface area contributed by atoms with E-state index >= 15 is 0 Å². The first kappa shape index (κ1) is 10.2. The highest BCUT2D eigenvalue weighted by Crippen LogP contribution is 1.71. The van der Waals surface area contributed by atoms with Crippen molar-refractivity contribution in [3.05, 3.63) is 0 Å². The molecule has 66 valence electrons. The van der Waals surface area contributed by atoms with E-state index in [1.165, 1.54) is 0 Å². The van der Waals surface area contributed by atoms with Crippen molar-refractivity contribution >= 4 is 6.09 Å². The van der Waals surface area contributed by atoms with Gasteiger partial charge in [0.1, 0.15) is 0 Å². The van der Waals surface area contributed by atoms with Gasteiger partial charge < -0.3 is 10.4 Å². The quantitative estimate of drug-likeness (QED) is 0.385. The fourth-order valence-electron chi connectivity index (χ4n) is 0.455. The highest BCUT2D eigenvalue weighted by molar-refractivity contribution is 5.64. The molecule has 11 heavy (non-hydrogen) atoms. The molecule has 0 aromatic rings. The summed E-state index contributed by atoms with van der Waals surface area (Å²) < 4.78 is 0. The van der Waals surface area contributed by atoms with Crippen molar-refractivity contribution in [3.63, 3.8) is 0 Å². The highest BCUT2D eigenvalue weighted by Gasteiger charge is 1.91. The van der Waals surface area contributed by atoms with Gasteiger partial charge >= 0.3 is 6.09 Å². The molecule has 0 unspecified atom stereocenters. The van der Waals surface area contributed by atoms with Crippen molar-refractivity contribution in [2.75, 3.05) is 19.7 Å². The van der Waals surface area contributed by atoms with Crippen LogP contribution < -0.4 is 10.8 Å². The van der Waals surface area contributed by atoms with Crippen LogP contribution in [0.15, 0.2) is 0 Å². The summed E-state index contributed by atoms with van der Waals surface area (Å²) in [6.07, 6.45) is -0.0316. The molecule has 0 bridgehead atoms. The number of hydroxylamine groups is 1. The zero-order chi connectivity index (χ0) is 8.53. The Bertz CT molecular complexity index is 108. The summed E-state index contributed by atoms with van der Waals surface area (Å²) in [7, 11) is 0. The van der Waals surface area contributed by atoms with E-state index in [2.05, 4.69) is 10.8 Å². The number of rotatable bonds is 6. The summed E-state index contributed by atoms with van der Waals surface area (Å²) >= 11 is 0. The van der Waals surface area contributed by atoms with Crippen molar-refractivity contribution in [3.8, 4) is 0 Å². The first-order chi connectivity index (χ1) is 5.27. The predicted octanol–water partition coefficient (Wildman–Crippen LogP) is 0.185. The first-order valence-corrected chi connectivity index (χ1v) is 3.58. The second-order valence-corrected chi connectivity index (χ2v) is 1.97. The van der Waals surface area contributed by atoms with Crippen LogP contribution in [0.25, 0.3) is 0 Å². The molecule has 1 amide bonds. The molecule has 0 aliphatic rings. The SMILES string of the molecule is CCCNOCCNC(=O)O. The van der Waals surface area contributed by atoms with E-state index in [-0.39, 0.29) is 0 Å². The molecule has 0 heterocycles. The van der Waals surface area contributed by atoms with Crippen LogP contribution in [0.3, 0.4) is 0 Å². The molecule has 5 heteroatoms. The van der Waals surface area contributed by atoms with E-state index in [0.717, 1.165) is 13.0 Å². The molecule has 0 spiro atoms. The summed E-state index contributed by atoms with van der Waals surface area (Å²) in [5, 5.41) is 10.3. The van der Waals surface area contributed by atoms with Crippen molar-refractivity contribution in [2.24, 2.45) is 0 Å². The molecular weight excluding hydrogens is 148 g/mol. The van der Waals surface area contributed by atoms with Crippen LogP contribution in [0.2, 0.25) is 0 Å². The minimum Gasteiger partial charge on any atom is -0.465 e. The Hall–Kier alpha value is -0.810. The van der Waals surface area contributed by atoms with E-state index in [4.69, 9.17) is 9.94 Å². The van der Waals surface area contributed by atoms with Crippen molar-refractivity contribution in [1.82, 2.24) is 10.8 Å². The predicted molar refractivity (Wildman–Crippen MR) is 40.3 cm³/mol. The normalized spacial score (nSPS) is 9.55. The Morgan fingerprint density at radius 1 is 1.55 bits per heavy atom. The maximum Gasteiger partial charge on any atom is 0.404 e. The average Bonchev–Trinajstić information content (AvgIpc) is 1.96. The molecule has 5 nitrogen and oxygen atoms in total. The Morgan fingerprint density at radius 3 is 2.82 bits per heavy atom. The number of nitrogens with one attached hydrogen (secondary N) is 2. The van der Waals surface area contributed by atoms with Crippen LogP contribution in [0.1, 0.15) is 13.3 Å². The third-order valence-electron chi connectivity index (χ3n) is 0.934. The molecule has 0 aromatic heterocycles. The van der Waals surface area contributed by atoms with Gasteiger partial charge in [0, 0.05) is 13.1 Å². The number of carboxylic acid groups (broad SMARTS) is 1. The molecule has 0 rings (SSSR count). The zero-order valence-electron chi connectivity index (χ0n) is 6.59. The largest absolute Gasteiger partial charge is 0.465 e. The topological polar surface area (TPSA) is 70.6 Å². The first-order valence-electron chi connectivity index (χ1n) is 3.58. The van der Waals surface area contributed by atoms with Crippen LogP contribution >= 0.6 is 0 Å². The second kappa shape index (κ2) is 7.30. The minimum atomic E-state index is -1.02. The number of carbonyl (C=O) groups is 1. The Labute approximate surface area is 65.7 Å². The van der Waals surface area contributed by atoms with Gasteiger partial charge in [0.05, 0.1) is 6.61 Å². The molecule has 0 radical (unpaired) electrons. The summed E-state index contributed by atoms with van der Waals surface area (Å²) in [4.78, 5) is 14.7. The van der Waals surface area contributed by atoms with Crippen LogP contribution in [0, 0.1) is 0 Å². The van der Waals surface area contributed by atoms with Crippen molar-refractivity contribution in [1.29, 1.82) is 0 Å². The van der Waals surface area contributed by atoms with Crippen LogP contribution in [-0.4, -0.2) is 30.9 Å². The lowest BCUT2D eigenvalue weighted by Gasteiger charge is -2.03. The smallest absolute Gasteiger partial charge is 0.404 e. The van der Waals surface area contributed by atoms with Gasteiger partial charge in [-0.2, -0.15) is 0 Å². The third-order valence-corrected chi connectivity index (χ3v) is 0.934. The third kappa shape index (κ3) is 9.19. The van der Waals surface area contributed by atoms with Gasteiger partial charge in [-0.25, -0.2) is 10.3 Å².